The number of carbonyl (C=O) groups excluding carboxylic acids is 1. The van der Waals surface area contributed by atoms with Gasteiger partial charge in [0.25, 0.3) is 0 Å². The molecule has 6 nitrogen and oxygen atoms in total. The van der Waals surface area contributed by atoms with Gasteiger partial charge >= 0.3 is 5.97 Å². The molecule has 0 amide bonds. The molecule has 0 saturated heterocycles. The second-order valence-electron chi connectivity index (χ2n) is 7.49. The van der Waals surface area contributed by atoms with Gasteiger partial charge in [0.05, 0.1) is 38.1 Å². The third kappa shape index (κ3) is 10.2. The Bertz CT molecular complexity index is 950. The first kappa shape index (κ1) is 26.1. The Morgan fingerprint density at radius 3 is 1.94 bits per heavy atom. The molecule has 0 aliphatic heterocycles. The molecule has 3 rings (SSSR count). The Labute approximate surface area is 208 Å². The standard InChI is InChI=1S/C27H29BrO6/c28-25-13-11-24(12-14-25)27(29)33-16-15-26(34-21-31-18-23-9-5-2-6-10-23)19-32-20-30-17-22-7-3-1-4-8-22/h1-14,26H,15-21H2/t26-/m0/s1. The highest BCUT2D eigenvalue weighted by Gasteiger charge is 2.13. The van der Waals surface area contributed by atoms with Crippen molar-refractivity contribution in [1.29, 1.82) is 0 Å². The van der Waals surface area contributed by atoms with E-state index in [-0.39, 0.29) is 32.3 Å². The molecule has 0 unspecified atom stereocenters. The van der Waals surface area contributed by atoms with E-state index in [0.717, 1.165) is 15.6 Å². The minimum Gasteiger partial charge on any atom is -0.462 e. The Hall–Kier alpha value is -2.55. The van der Waals surface area contributed by atoms with Gasteiger partial charge in [0, 0.05) is 10.9 Å². The molecule has 0 N–H and O–H groups in total. The van der Waals surface area contributed by atoms with E-state index in [1.807, 2.05) is 60.7 Å². The number of carbonyl (C=O) groups is 1. The molecule has 0 aliphatic carbocycles. The Morgan fingerprint density at radius 2 is 1.32 bits per heavy atom. The summed E-state index contributed by atoms with van der Waals surface area (Å²) in [7, 11) is 0. The van der Waals surface area contributed by atoms with Crippen LogP contribution in [0.25, 0.3) is 0 Å². The molecule has 0 radical (unpaired) electrons. The first-order valence-electron chi connectivity index (χ1n) is 11.1. The molecule has 0 bridgehead atoms. The number of halogens is 1. The lowest BCUT2D eigenvalue weighted by molar-refractivity contribution is -0.142. The van der Waals surface area contributed by atoms with E-state index in [1.165, 1.54) is 0 Å². The molecule has 0 saturated carbocycles. The van der Waals surface area contributed by atoms with E-state index in [2.05, 4.69) is 15.9 Å². The summed E-state index contributed by atoms with van der Waals surface area (Å²) in [5.74, 6) is -0.376. The van der Waals surface area contributed by atoms with Crippen LogP contribution >= 0.6 is 15.9 Å². The quantitative estimate of drug-likeness (QED) is 0.142. The Morgan fingerprint density at radius 1 is 0.735 bits per heavy atom. The van der Waals surface area contributed by atoms with Gasteiger partial charge in [-0.05, 0) is 35.4 Å². The van der Waals surface area contributed by atoms with Crippen molar-refractivity contribution in [1.82, 2.24) is 0 Å². The third-order valence-electron chi connectivity index (χ3n) is 4.83. The van der Waals surface area contributed by atoms with E-state index in [0.29, 0.717) is 31.8 Å². The second-order valence-corrected chi connectivity index (χ2v) is 8.41. The number of rotatable bonds is 15. The maximum absolute atomic E-state index is 12.2. The van der Waals surface area contributed by atoms with Crippen LogP contribution in [-0.2, 0) is 36.9 Å². The van der Waals surface area contributed by atoms with E-state index in [4.69, 9.17) is 23.7 Å². The summed E-state index contributed by atoms with van der Waals surface area (Å²) < 4.78 is 29.0. The van der Waals surface area contributed by atoms with E-state index < -0.39 is 0 Å². The summed E-state index contributed by atoms with van der Waals surface area (Å²) in [5.41, 5.74) is 2.64. The summed E-state index contributed by atoms with van der Waals surface area (Å²) in [6.45, 7) is 1.66. The lowest BCUT2D eigenvalue weighted by atomic mass is 10.2. The van der Waals surface area contributed by atoms with Crippen molar-refractivity contribution in [2.75, 3.05) is 26.8 Å². The molecule has 1 atom stereocenters. The van der Waals surface area contributed by atoms with Crippen LogP contribution in [0.1, 0.15) is 27.9 Å². The van der Waals surface area contributed by atoms with Gasteiger partial charge in [0.2, 0.25) is 0 Å². The van der Waals surface area contributed by atoms with Crippen molar-refractivity contribution in [2.24, 2.45) is 0 Å². The predicted octanol–water partition coefficient (Wildman–Crippen LogP) is 5.75. The molecule has 3 aromatic rings. The highest BCUT2D eigenvalue weighted by Crippen LogP contribution is 2.12. The molecule has 0 aliphatic rings. The molecule has 34 heavy (non-hydrogen) atoms. The number of ether oxygens (including phenoxy) is 5. The fourth-order valence-electron chi connectivity index (χ4n) is 3.02. The molecular formula is C27H29BrO6. The van der Waals surface area contributed by atoms with Crippen molar-refractivity contribution in [3.8, 4) is 0 Å². The van der Waals surface area contributed by atoms with Crippen LogP contribution in [0.3, 0.4) is 0 Å². The van der Waals surface area contributed by atoms with Crippen LogP contribution in [0, 0.1) is 0 Å². The zero-order valence-corrected chi connectivity index (χ0v) is 20.5. The van der Waals surface area contributed by atoms with Gasteiger partial charge in [0.15, 0.2) is 0 Å². The summed E-state index contributed by atoms with van der Waals surface area (Å²) in [5, 5.41) is 0. The lowest BCUT2D eigenvalue weighted by Crippen LogP contribution is -2.24. The van der Waals surface area contributed by atoms with Gasteiger partial charge in [-0.15, -0.1) is 0 Å². The van der Waals surface area contributed by atoms with Gasteiger partial charge in [-0.2, -0.15) is 0 Å². The van der Waals surface area contributed by atoms with E-state index in [9.17, 15) is 4.79 Å². The second kappa shape index (κ2) is 15.4. The number of benzene rings is 3. The fourth-order valence-corrected chi connectivity index (χ4v) is 3.28. The summed E-state index contributed by atoms with van der Waals surface area (Å²) in [6, 6.07) is 26.8. The first-order valence-corrected chi connectivity index (χ1v) is 11.9. The van der Waals surface area contributed by atoms with Gasteiger partial charge < -0.3 is 23.7 Å². The molecule has 0 aromatic heterocycles. The minimum atomic E-state index is -0.376. The van der Waals surface area contributed by atoms with Gasteiger partial charge in [-0.1, -0.05) is 76.6 Å². The highest BCUT2D eigenvalue weighted by molar-refractivity contribution is 9.10. The summed E-state index contributed by atoms with van der Waals surface area (Å²) >= 11 is 3.35. The zero-order valence-electron chi connectivity index (χ0n) is 18.9. The Kier molecular flexibility index (Phi) is 11.8. The van der Waals surface area contributed by atoms with Gasteiger partial charge in [-0.3, -0.25) is 0 Å². The zero-order chi connectivity index (χ0) is 23.8. The third-order valence-corrected chi connectivity index (χ3v) is 5.36. The van der Waals surface area contributed by atoms with Crippen molar-refractivity contribution < 1.29 is 28.5 Å². The molecule has 7 heteroatoms. The van der Waals surface area contributed by atoms with Gasteiger partial charge in [0.1, 0.15) is 13.6 Å². The topological polar surface area (TPSA) is 63.2 Å². The van der Waals surface area contributed by atoms with Crippen molar-refractivity contribution in [3.05, 3.63) is 106 Å². The molecule has 0 heterocycles. The molecule has 0 fully saturated rings. The van der Waals surface area contributed by atoms with Crippen molar-refractivity contribution in [3.63, 3.8) is 0 Å². The van der Waals surface area contributed by atoms with Crippen LogP contribution < -0.4 is 0 Å². The Balaban J connectivity index is 1.39. The number of hydrogen-bond donors (Lipinski definition) is 0. The SMILES string of the molecule is O=C(OCC[C@@H](COCOCc1ccccc1)OCOCc1ccccc1)c1ccc(Br)cc1. The van der Waals surface area contributed by atoms with Crippen LogP contribution in [0.4, 0.5) is 0 Å². The number of hydrogen-bond acceptors (Lipinski definition) is 6. The normalized spacial score (nSPS) is 11.8. The van der Waals surface area contributed by atoms with E-state index in [1.54, 1.807) is 24.3 Å². The number of esters is 1. The minimum absolute atomic E-state index is 0.106. The van der Waals surface area contributed by atoms with E-state index >= 15 is 0 Å². The largest absolute Gasteiger partial charge is 0.462 e. The van der Waals surface area contributed by atoms with Crippen molar-refractivity contribution >= 4 is 21.9 Å². The van der Waals surface area contributed by atoms with Crippen LogP contribution in [0.2, 0.25) is 0 Å². The molecule has 180 valence electrons. The molecule has 3 aromatic carbocycles. The van der Waals surface area contributed by atoms with Gasteiger partial charge in [-0.25, -0.2) is 4.79 Å². The maximum Gasteiger partial charge on any atom is 0.338 e. The smallest absolute Gasteiger partial charge is 0.338 e. The molecular weight excluding hydrogens is 500 g/mol. The van der Waals surface area contributed by atoms with Crippen LogP contribution in [-0.4, -0.2) is 38.9 Å². The van der Waals surface area contributed by atoms with Crippen LogP contribution in [0.15, 0.2) is 89.4 Å². The monoisotopic (exact) mass is 528 g/mol. The molecule has 0 spiro atoms. The summed E-state index contributed by atoms with van der Waals surface area (Å²) in [6.07, 6.45) is 0.157. The van der Waals surface area contributed by atoms with Crippen LogP contribution in [0.5, 0.6) is 0 Å². The highest BCUT2D eigenvalue weighted by atomic mass is 79.9. The van der Waals surface area contributed by atoms with Crippen molar-refractivity contribution in [2.45, 2.75) is 25.7 Å². The summed E-state index contributed by atoms with van der Waals surface area (Å²) in [4.78, 5) is 12.2. The average Bonchev–Trinajstić information content (AvgIpc) is 2.87. The average molecular weight is 529 g/mol. The maximum atomic E-state index is 12.2. The first-order chi connectivity index (χ1) is 16.7. The predicted molar refractivity (Wildman–Crippen MR) is 132 cm³/mol. The fraction of sp³-hybridized carbons (Fsp3) is 0.296. The lowest BCUT2D eigenvalue weighted by Gasteiger charge is -2.18.